The lowest BCUT2D eigenvalue weighted by Crippen LogP contribution is -2.06. The highest BCUT2D eigenvalue weighted by molar-refractivity contribution is 7.90. The van der Waals surface area contributed by atoms with Gasteiger partial charge in [0.2, 0.25) is 0 Å². The summed E-state index contributed by atoms with van der Waals surface area (Å²) < 4.78 is 58.0. The van der Waals surface area contributed by atoms with E-state index < -0.39 is 33.2 Å². The predicted molar refractivity (Wildman–Crippen MR) is 107 cm³/mol. The van der Waals surface area contributed by atoms with Gasteiger partial charge in [0.25, 0.3) is 0 Å². The van der Waals surface area contributed by atoms with Crippen molar-refractivity contribution in [3.05, 3.63) is 88.4 Å². The van der Waals surface area contributed by atoms with Gasteiger partial charge in [-0.05, 0) is 59.7 Å². The topological polar surface area (TPSA) is 80.7 Å². The van der Waals surface area contributed by atoms with E-state index >= 15 is 0 Å². The van der Waals surface area contributed by atoms with Gasteiger partial charge in [-0.1, -0.05) is 23.7 Å². The van der Waals surface area contributed by atoms with Gasteiger partial charge in [0.05, 0.1) is 17.1 Å². The van der Waals surface area contributed by atoms with E-state index in [-0.39, 0.29) is 27.8 Å². The number of carboxylic acid groups (broad SMARTS) is 1. The molecule has 30 heavy (non-hydrogen) atoms. The van der Waals surface area contributed by atoms with Crippen LogP contribution in [0.15, 0.2) is 65.6 Å². The molecule has 0 aliphatic heterocycles. The van der Waals surface area contributed by atoms with E-state index in [1.165, 1.54) is 36.4 Å². The number of benzene rings is 3. The van der Waals surface area contributed by atoms with Gasteiger partial charge < -0.3 is 9.84 Å². The molecule has 3 aromatic carbocycles. The van der Waals surface area contributed by atoms with Crippen LogP contribution >= 0.6 is 11.6 Å². The maximum absolute atomic E-state index is 14.5. The number of carbonyl (C=O) groups is 1. The normalized spacial score (nSPS) is 11.3. The Morgan fingerprint density at radius 1 is 0.967 bits per heavy atom. The number of hydrogen-bond donors (Lipinski definition) is 1. The third-order valence-corrected chi connectivity index (χ3v) is 5.95. The zero-order valence-corrected chi connectivity index (χ0v) is 16.9. The summed E-state index contributed by atoms with van der Waals surface area (Å²) in [5, 5.41) is 9.10. The Morgan fingerprint density at radius 3 is 2.30 bits per heavy atom. The molecular formula is C21H15ClF2O5S. The number of sulfone groups is 1. The largest absolute Gasteiger partial charge is 0.481 e. The van der Waals surface area contributed by atoms with Crippen molar-refractivity contribution in [2.45, 2.75) is 17.1 Å². The van der Waals surface area contributed by atoms with Crippen LogP contribution in [-0.2, 0) is 26.8 Å². The first-order valence-electron chi connectivity index (χ1n) is 8.58. The summed E-state index contributed by atoms with van der Waals surface area (Å²) in [5.74, 6) is -3.03. The third kappa shape index (κ3) is 5.55. The van der Waals surface area contributed by atoms with Gasteiger partial charge in [-0.3, -0.25) is 4.79 Å². The Balaban J connectivity index is 1.82. The van der Waals surface area contributed by atoms with Crippen molar-refractivity contribution in [2.75, 3.05) is 0 Å². The Labute approximate surface area is 176 Å². The van der Waals surface area contributed by atoms with Crippen molar-refractivity contribution < 1.29 is 31.8 Å². The van der Waals surface area contributed by atoms with Crippen molar-refractivity contribution in [3.63, 3.8) is 0 Å². The van der Waals surface area contributed by atoms with Gasteiger partial charge in [-0.25, -0.2) is 17.2 Å². The van der Waals surface area contributed by atoms with E-state index in [0.717, 1.165) is 24.3 Å². The molecule has 3 aromatic rings. The van der Waals surface area contributed by atoms with Gasteiger partial charge in [-0.15, -0.1) is 0 Å². The van der Waals surface area contributed by atoms with E-state index in [1.54, 1.807) is 0 Å². The second-order valence-electron chi connectivity index (χ2n) is 6.45. The number of halogens is 3. The van der Waals surface area contributed by atoms with Crippen LogP contribution in [0.4, 0.5) is 8.78 Å². The molecule has 0 fully saturated rings. The Bertz CT molecular complexity index is 1190. The molecule has 0 bridgehead atoms. The zero-order valence-electron chi connectivity index (χ0n) is 15.3. The van der Waals surface area contributed by atoms with Crippen LogP contribution in [0.25, 0.3) is 0 Å². The van der Waals surface area contributed by atoms with Crippen LogP contribution < -0.4 is 4.74 Å². The Morgan fingerprint density at radius 2 is 1.67 bits per heavy atom. The molecule has 0 aliphatic carbocycles. The molecule has 0 radical (unpaired) electrons. The van der Waals surface area contributed by atoms with Crippen LogP contribution in [0, 0.1) is 11.6 Å². The van der Waals surface area contributed by atoms with Crippen LogP contribution in [0.5, 0.6) is 11.5 Å². The minimum absolute atomic E-state index is 0.111. The molecule has 5 nitrogen and oxygen atoms in total. The summed E-state index contributed by atoms with van der Waals surface area (Å²) in [6, 6.07) is 12.4. The van der Waals surface area contributed by atoms with Crippen molar-refractivity contribution in [3.8, 4) is 11.5 Å². The molecule has 0 amide bonds. The quantitative estimate of drug-likeness (QED) is 0.545. The molecule has 1 N–H and O–H groups in total. The monoisotopic (exact) mass is 452 g/mol. The van der Waals surface area contributed by atoms with Crippen molar-refractivity contribution in [1.82, 2.24) is 0 Å². The molecule has 156 valence electrons. The summed E-state index contributed by atoms with van der Waals surface area (Å²) in [4.78, 5) is 10.6. The third-order valence-electron chi connectivity index (χ3n) is 4.05. The highest BCUT2D eigenvalue weighted by atomic mass is 35.5. The maximum atomic E-state index is 14.5. The summed E-state index contributed by atoms with van der Waals surface area (Å²) in [5.41, 5.74) is 0.728. The van der Waals surface area contributed by atoms with E-state index in [2.05, 4.69) is 0 Å². The van der Waals surface area contributed by atoms with Crippen LogP contribution in [-0.4, -0.2) is 19.5 Å². The summed E-state index contributed by atoms with van der Waals surface area (Å²) >= 11 is 5.94. The van der Waals surface area contributed by atoms with Gasteiger partial charge in [0, 0.05) is 5.02 Å². The number of ether oxygens (including phenoxy) is 1. The van der Waals surface area contributed by atoms with Crippen molar-refractivity contribution in [1.29, 1.82) is 0 Å². The summed E-state index contributed by atoms with van der Waals surface area (Å²) in [6.07, 6.45) is -0.292. The molecule has 0 spiro atoms. The van der Waals surface area contributed by atoms with Crippen LogP contribution in [0.3, 0.4) is 0 Å². The highest BCUT2D eigenvalue weighted by Crippen LogP contribution is 2.30. The molecule has 0 unspecified atom stereocenters. The minimum atomic E-state index is -3.87. The maximum Gasteiger partial charge on any atom is 0.307 e. The SMILES string of the molecule is O=C(O)Cc1cc(Cl)cc(Oc2ccc(S(=O)(=O)Cc3ccc(F)cc3)cc2F)c1. The van der Waals surface area contributed by atoms with Crippen LogP contribution in [0.2, 0.25) is 5.02 Å². The van der Waals surface area contributed by atoms with E-state index in [4.69, 9.17) is 21.4 Å². The molecule has 0 atom stereocenters. The average Bonchev–Trinajstić information content (AvgIpc) is 2.64. The first-order chi connectivity index (χ1) is 14.1. The lowest BCUT2D eigenvalue weighted by Gasteiger charge is -2.11. The Hall–Kier alpha value is -2.97. The number of rotatable bonds is 7. The fourth-order valence-corrected chi connectivity index (χ4v) is 4.33. The van der Waals surface area contributed by atoms with E-state index in [9.17, 15) is 22.0 Å². The number of aliphatic carboxylic acids is 1. The molecule has 9 heteroatoms. The van der Waals surface area contributed by atoms with Gasteiger partial charge in [-0.2, -0.15) is 0 Å². The predicted octanol–water partition coefficient (Wildman–Crippen LogP) is 5.01. The zero-order chi connectivity index (χ0) is 21.9. The lowest BCUT2D eigenvalue weighted by atomic mass is 10.1. The molecule has 0 saturated carbocycles. The van der Waals surface area contributed by atoms with E-state index in [1.807, 2.05) is 0 Å². The average molecular weight is 453 g/mol. The number of carboxylic acids is 1. The molecule has 3 rings (SSSR count). The molecule has 0 aromatic heterocycles. The standard InChI is InChI=1S/C21H15ClF2O5S/c22-15-7-14(9-21(25)26)8-17(10-15)29-20-6-5-18(11-19(20)24)30(27,28)12-13-1-3-16(23)4-2-13/h1-8,10-11H,9,12H2,(H,25,26). The second-order valence-corrected chi connectivity index (χ2v) is 8.87. The van der Waals surface area contributed by atoms with Gasteiger partial charge in [0.1, 0.15) is 11.6 Å². The molecule has 0 saturated heterocycles. The second kappa shape index (κ2) is 8.81. The molecule has 0 aliphatic rings. The first kappa shape index (κ1) is 21.7. The fourth-order valence-electron chi connectivity index (χ4n) is 2.72. The molecule has 0 heterocycles. The summed E-state index contributed by atoms with van der Waals surface area (Å²) in [6.45, 7) is 0. The highest BCUT2D eigenvalue weighted by Gasteiger charge is 2.18. The number of hydrogen-bond acceptors (Lipinski definition) is 4. The summed E-state index contributed by atoms with van der Waals surface area (Å²) in [7, 11) is -3.87. The van der Waals surface area contributed by atoms with Gasteiger partial charge >= 0.3 is 5.97 Å². The van der Waals surface area contributed by atoms with Crippen molar-refractivity contribution >= 4 is 27.4 Å². The van der Waals surface area contributed by atoms with E-state index in [0.29, 0.717) is 11.1 Å². The lowest BCUT2D eigenvalue weighted by molar-refractivity contribution is -0.136. The molecular weight excluding hydrogens is 438 g/mol. The van der Waals surface area contributed by atoms with Crippen LogP contribution in [0.1, 0.15) is 11.1 Å². The first-order valence-corrected chi connectivity index (χ1v) is 10.6. The van der Waals surface area contributed by atoms with Gasteiger partial charge in [0.15, 0.2) is 21.4 Å². The smallest absolute Gasteiger partial charge is 0.307 e. The van der Waals surface area contributed by atoms with Crippen molar-refractivity contribution in [2.24, 2.45) is 0 Å². The fraction of sp³-hybridized carbons (Fsp3) is 0.0952. The minimum Gasteiger partial charge on any atom is -0.481 e. The Kier molecular flexibility index (Phi) is 6.38.